The van der Waals surface area contributed by atoms with E-state index in [1.807, 2.05) is 45.0 Å². The second kappa shape index (κ2) is 11.9. The lowest BCUT2D eigenvalue weighted by atomic mass is 9.98. The second-order valence-corrected chi connectivity index (χ2v) is 12.3. The number of aryl methyl sites for hydroxylation is 1. The lowest BCUT2D eigenvalue weighted by Gasteiger charge is -2.32. The Morgan fingerprint density at radius 2 is 1.73 bits per heavy atom. The van der Waals surface area contributed by atoms with Gasteiger partial charge in [-0.15, -0.1) is 0 Å². The van der Waals surface area contributed by atoms with E-state index in [0.29, 0.717) is 5.56 Å². The first-order valence-corrected chi connectivity index (χ1v) is 14.9. The van der Waals surface area contributed by atoms with Crippen LogP contribution in [0, 0.1) is 5.92 Å². The smallest absolute Gasteiger partial charge is 0.339 e. The number of aromatic nitrogens is 2. The average molecular weight is 538 g/mol. The maximum atomic E-state index is 12.9. The van der Waals surface area contributed by atoms with Crippen LogP contribution in [0.3, 0.4) is 0 Å². The van der Waals surface area contributed by atoms with Gasteiger partial charge in [-0.2, -0.15) is 0 Å². The van der Waals surface area contributed by atoms with E-state index in [1.54, 1.807) is 0 Å². The van der Waals surface area contributed by atoms with Gasteiger partial charge in [-0.1, -0.05) is 62.7 Å². The molecule has 0 atom stereocenters. The number of anilines is 1. The largest absolute Gasteiger partial charge is 0.456 e. The van der Waals surface area contributed by atoms with Gasteiger partial charge in [0.25, 0.3) is 0 Å². The molecule has 3 aromatic carbocycles. The Labute approximate surface area is 239 Å². The maximum Gasteiger partial charge on any atom is 0.339 e. The van der Waals surface area contributed by atoms with Crippen molar-refractivity contribution in [3.63, 3.8) is 0 Å². The minimum absolute atomic E-state index is 0.295. The fourth-order valence-corrected chi connectivity index (χ4v) is 5.54. The quantitative estimate of drug-likeness (QED) is 0.212. The first-order valence-electron chi connectivity index (χ1n) is 14.9. The van der Waals surface area contributed by atoms with Crippen LogP contribution in [0.4, 0.5) is 5.69 Å². The van der Waals surface area contributed by atoms with Crippen LogP contribution < -0.4 is 4.90 Å². The van der Waals surface area contributed by atoms with Crippen LogP contribution in [-0.2, 0) is 17.7 Å². The van der Waals surface area contributed by atoms with Crippen LogP contribution in [0.1, 0.15) is 82.0 Å². The molecular weight excluding hydrogens is 494 g/mol. The third-order valence-corrected chi connectivity index (χ3v) is 7.87. The summed E-state index contributed by atoms with van der Waals surface area (Å²) in [6, 6.07) is 23.1. The molecule has 40 heavy (non-hydrogen) atoms. The number of hydrogen-bond acceptors (Lipinski definition) is 4. The molecule has 0 spiro atoms. The number of imidazole rings is 1. The number of carbonyl (C=O) groups is 1. The summed E-state index contributed by atoms with van der Waals surface area (Å²) in [4.78, 5) is 20.5. The highest BCUT2D eigenvalue weighted by molar-refractivity contribution is 5.97. The first kappa shape index (κ1) is 27.9. The summed E-state index contributed by atoms with van der Waals surface area (Å²) in [5.41, 5.74) is 6.75. The first-order chi connectivity index (χ1) is 19.2. The molecule has 4 aromatic rings. The number of hydrogen-bond donors (Lipinski definition) is 0. The molecule has 1 aliphatic rings. The predicted molar refractivity (Wildman–Crippen MR) is 165 cm³/mol. The molecule has 0 aliphatic carbocycles. The zero-order chi connectivity index (χ0) is 28.3. The van der Waals surface area contributed by atoms with Gasteiger partial charge in [0.1, 0.15) is 11.4 Å². The van der Waals surface area contributed by atoms with Crippen molar-refractivity contribution in [2.75, 3.05) is 18.0 Å². The molecular formula is C35H43N3O2. The summed E-state index contributed by atoms with van der Waals surface area (Å²) in [6.45, 7) is 13.3. The Kier molecular flexibility index (Phi) is 8.30. The Hall–Kier alpha value is -3.60. The summed E-state index contributed by atoms with van der Waals surface area (Å²) >= 11 is 0. The number of unbranched alkanes of at least 4 members (excludes halogenated alkanes) is 1. The number of esters is 1. The van der Waals surface area contributed by atoms with Crippen molar-refractivity contribution in [3.8, 4) is 11.1 Å². The monoisotopic (exact) mass is 537 g/mol. The molecule has 0 N–H and O–H groups in total. The number of ether oxygens (including phenoxy) is 1. The molecule has 1 aliphatic heterocycles. The summed E-state index contributed by atoms with van der Waals surface area (Å²) in [7, 11) is 0. The van der Waals surface area contributed by atoms with E-state index in [0.717, 1.165) is 67.3 Å². The SMILES string of the molecule is CCCCc1nc2ccc(N3CCC(C)CC3)cc2n1Cc1ccc(-c2ccccc2C(=O)OC(C)(C)C)cc1. The van der Waals surface area contributed by atoms with Gasteiger partial charge < -0.3 is 14.2 Å². The topological polar surface area (TPSA) is 47.4 Å². The van der Waals surface area contributed by atoms with Gasteiger partial charge in [0, 0.05) is 31.7 Å². The number of piperidine rings is 1. The van der Waals surface area contributed by atoms with E-state index in [9.17, 15) is 4.79 Å². The van der Waals surface area contributed by atoms with Gasteiger partial charge in [-0.3, -0.25) is 0 Å². The number of rotatable bonds is 8. The number of fused-ring (bicyclic) bond motifs is 1. The van der Waals surface area contributed by atoms with Crippen molar-refractivity contribution in [3.05, 3.63) is 83.7 Å². The van der Waals surface area contributed by atoms with Crippen molar-refractivity contribution in [1.82, 2.24) is 9.55 Å². The fourth-order valence-electron chi connectivity index (χ4n) is 5.54. The number of benzene rings is 3. The summed E-state index contributed by atoms with van der Waals surface area (Å²) in [5, 5.41) is 0. The van der Waals surface area contributed by atoms with E-state index < -0.39 is 5.60 Å². The zero-order valence-electron chi connectivity index (χ0n) is 24.7. The lowest BCUT2D eigenvalue weighted by Crippen LogP contribution is -2.32. The average Bonchev–Trinajstić information content (AvgIpc) is 3.28. The van der Waals surface area contributed by atoms with Crippen LogP contribution in [0.5, 0.6) is 0 Å². The van der Waals surface area contributed by atoms with Crippen molar-refractivity contribution in [2.24, 2.45) is 5.92 Å². The van der Waals surface area contributed by atoms with Crippen molar-refractivity contribution >= 4 is 22.7 Å². The molecule has 5 rings (SSSR count). The molecule has 1 aromatic heterocycles. The normalized spacial score (nSPS) is 14.6. The highest BCUT2D eigenvalue weighted by atomic mass is 16.6. The highest BCUT2D eigenvalue weighted by Gasteiger charge is 2.21. The molecule has 0 bridgehead atoms. The maximum absolute atomic E-state index is 12.9. The van der Waals surface area contributed by atoms with Crippen LogP contribution >= 0.6 is 0 Å². The van der Waals surface area contributed by atoms with Crippen LogP contribution in [-0.4, -0.2) is 34.2 Å². The van der Waals surface area contributed by atoms with E-state index in [-0.39, 0.29) is 5.97 Å². The van der Waals surface area contributed by atoms with E-state index in [1.165, 1.54) is 29.6 Å². The van der Waals surface area contributed by atoms with Gasteiger partial charge in [-0.25, -0.2) is 9.78 Å². The van der Waals surface area contributed by atoms with Crippen molar-refractivity contribution in [1.29, 1.82) is 0 Å². The highest BCUT2D eigenvalue weighted by Crippen LogP contribution is 2.30. The molecule has 2 heterocycles. The molecule has 0 amide bonds. The Morgan fingerprint density at radius 1 is 1.00 bits per heavy atom. The molecule has 0 unspecified atom stereocenters. The number of nitrogens with zero attached hydrogens (tertiary/aromatic N) is 3. The third kappa shape index (κ3) is 6.41. The minimum atomic E-state index is -0.538. The Morgan fingerprint density at radius 3 is 2.42 bits per heavy atom. The van der Waals surface area contributed by atoms with Crippen LogP contribution in [0.2, 0.25) is 0 Å². The molecule has 5 heteroatoms. The predicted octanol–water partition coefficient (Wildman–Crippen LogP) is 8.29. The molecule has 1 fully saturated rings. The van der Waals surface area contributed by atoms with E-state index >= 15 is 0 Å². The molecule has 5 nitrogen and oxygen atoms in total. The standard InChI is InChI=1S/C35H43N3O2/c1-6-7-12-33-36-31-18-17-28(37-21-19-25(2)20-22-37)23-32(31)38(33)24-26-13-15-27(16-14-26)29-10-8-9-11-30(29)34(39)40-35(3,4)5/h8-11,13-18,23,25H,6-7,12,19-22,24H2,1-5H3. The molecule has 0 saturated carbocycles. The fraction of sp³-hybridized carbons (Fsp3) is 0.429. The Bertz CT molecular complexity index is 1450. The molecule has 210 valence electrons. The zero-order valence-corrected chi connectivity index (χ0v) is 24.7. The van der Waals surface area contributed by atoms with Gasteiger partial charge >= 0.3 is 5.97 Å². The summed E-state index contributed by atoms with van der Waals surface area (Å²) in [6.07, 6.45) is 5.75. The Balaban J connectivity index is 1.43. The molecule has 0 radical (unpaired) electrons. The van der Waals surface area contributed by atoms with Gasteiger partial charge in [-0.05, 0) is 86.9 Å². The minimum Gasteiger partial charge on any atom is -0.456 e. The van der Waals surface area contributed by atoms with E-state index in [2.05, 4.69) is 65.8 Å². The second-order valence-electron chi connectivity index (χ2n) is 12.3. The number of carbonyl (C=O) groups excluding carboxylic acids is 1. The van der Waals surface area contributed by atoms with Crippen LogP contribution in [0.15, 0.2) is 66.7 Å². The lowest BCUT2D eigenvalue weighted by molar-refractivity contribution is 0.00704. The van der Waals surface area contributed by atoms with Crippen LogP contribution in [0.25, 0.3) is 22.2 Å². The summed E-state index contributed by atoms with van der Waals surface area (Å²) < 4.78 is 8.08. The van der Waals surface area contributed by atoms with Gasteiger partial charge in [0.15, 0.2) is 0 Å². The van der Waals surface area contributed by atoms with Gasteiger partial charge in [0.2, 0.25) is 0 Å². The van der Waals surface area contributed by atoms with Crippen molar-refractivity contribution < 1.29 is 9.53 Å². The third-order valence-electron chi connectivity index (χ3n) is 7.87. The van der Waals surface area contributed by atoms with Gasteiger partial charge in [0.05, 0.1) is 16.6 Å². The molecule has 1 saturated heterocycles. The van der Waals surface area contributed by atoms with E-state index in [4.69, 9.17) is 9.72 Å². The summed E-state index contributed by atoms with van der Waals surface area (Å²) in [5.74, 6) is 1.67. The van der Waals surface area contributed by atoms with Crippen molar-refractivity contribution in [2.45, 2.75) is 78.9 Å².